The van der Waals surface area contributed by atoms with E-state index in [2.05, 4.69) is 48.3 Å². The van der Waals surface area contributed by atoms with E-state index < -0.39 is 0 Å². The second kappa shape index (κ2) is 4.39. The number of aromatic amines is 1. The molecule has 0 radical (unpaired) electrons. The molecule has 1 aromatic carbocycles. The van der Waals surface area contributed by atoms with E-state index in [1.54, 1.807) is 0 Å². The van der Waals surface area contributed by atoms with Crippen molar-refractivity contribution >= 4 is 5.82 Å². The third-order valence-corrected chi connectivity index (χ3v) is 2.74. The molecule has 2 rings (SSSR count). The Labute approximate surface area is 95.7 Å². The Kier molecular flexibility index (Phi) is 2.95. The highest BCUT2D eigenvalue weighted by atomic mass is 15.2. The van der Waals surface area contributed by atoms with Gasteiger partial charge < -0.3 is 5.73 Å². The van der Waals surface area contributed by atoms with Crippen molar-refractivity contribution in [3.05, 3.63) is 35.4 Å². The molecule has 0 aliphatic rings. The van der Waals surface area contributed by atoms with E-state index in [9.17, 15) is 0 Å². The molecule has 3 nitrogen and oxygen atoms in total. The van der Waals surface area contributed by atoms with Gasteiger partial charge in [0.15, 0.2) is 0 Å². The van der Waals surface area contributed by atoms with Gasteiger partial charge in [-0.15, -0.1) is 0 Å². The molecule has 0 atom stereocenters. The summed E-state index contributed by atoms with van der Waals surface area (Å²) in [6.07, 6.45) is 2.04. The first-order valence-corrected chi connectivity index (χ1v) is 5.62. The Hall–Kier alpha value is -1.77. The van der Waals surface area contributed by atoms with Crippen molar-refractivity contribution in [2.24, 2.45) is 0 Å². The van der Waals surface area contributed by atoms with E-state index >= 15 is 0 Å². The van der Waals surface area contributed by atoms with Crippen LogP contribution in [0.3, 0.4) is 0 Å². The molecule has 1 heterocycles. The zero-order valence-corrected chi connectivity index (χ0v) is 9.75. The fourth-order valence-corrected chi connectivity index (χ4v) is 1.84. The molecular formula is C13H17N3. The summed E-state index contributed by atoms with van der Waals surface area (Å²) in [5.74, 6) is 0.623. The van der Waals surface area contributed by atoms with E-state index in [1.165, 1.54) is 5.56 Å². The van der Waals surface area contributed by atoms with Gasteiger partial charge in [0.2, 0.25) is 0 Å². The van der Waals surface area contributed by atoms with Crippen molar-refractivity contribution in [2.45, 2.75) is 26.7 Å². The number of hydrogen-bond acceptors (Lipinski definition) is 2. The first-order valence-electron chi connectivity index (χ1n) is 5.62. The largest absolute Gasteiger partial charge is 0.382 e. The van der Waals surface area contributed by atoms with Crippen molar-refractivity contribution < 1.29 is 0 Å². The number of benzene rings is 1. The quantitative estimate of drug-likeness (QED) is 0.827. The Morgan fingerprint density at radius 3 is 2.56 bits per heavy atom. The van der Waals surface area contributed by atoms with Gasteiger partial charge in [-0.1, -0.05) is 43.2 Å². The topological polar surface area (TPSA) is 54.7 Å². The number of aromatic nitrogens is 2. The van der Waals surface area contributed by atoms with E-state index in [0.717, 1.165) is 29.7 Å². The van der Waals surface area contributed by atoms with Gasteiger partial charge in [-0.3, -0.25) is 5.10 Å². The minimum absolute atomic E-state index is 0.623. The van der Waals surface area contributed by atoms with Gasteiger partial charge in [-0.2, -0.15) is 5.10 Å². The maximum atomic E-state index is 5.85. The Balaban J connectivity index is 2.43. The molecule has 0 saturated heterocycles. The van der Waals surface area contributed by atoms with E-state index in [0.29, 0.717) is 5.82 Å². The van der Waals surface area contributed by atoms with Crippen LogP contribution in [0.5, 0.6) is 0 Å². The lowest BCUT2D eigenvalue weighted by atomic mass is 10.0. The van der Waals surface area contributed by atoms with E-state index in [1.807, 2.05) is 0 Å². The highest BCUT2D eigenvalue weighted by Gasteiger charge is 2.11. The summed E-state index contributed by atoms with van der Waals surface area (Å²) in [7, 11) is 0. The summed E-state index contributed by atoms with van der Waals surface area (Å²) < 4.78 is 0. The maximum Gasteiger partial charge on any atom is 0.149 e. The number of nitrogens with zero attached hydrogens (tertiary/aromatic N) is 1. The molecule has 16 heavy (non-hydrogen) atoms. The second-order valence-corrected chi connectivity index (χ2v) is 4.08. The number of nitrogens with two attached hydrogens (primary N) is 1. The van der Waals surface area contributed by atoms with Crippen LogP contribution >= 0.6 is 0 Å². The number of hydrogen-bond donors (Lipinski definition) is 2. The number of anilines is 1. The van der Waals surface area contributed by atoms with Gasteiger partial charge in [0.1, 0.15) is 5.82 Å². The third kappa shape index (κ3) is 1.94. The zero-order valence-electron chi connectivity index (χ0n) is 9.75. The summed E-state index contributed by atoms with van der Waals surface area (Å²) in [5.41, 5.74) is 10.4. The van der Waals surface area contributed by atoms with Crippen LogP contribution in [0.2, 0.25) is 0 Å². The summed E-state index contributed by atoms with van der Waals surface area (Å²) in [6.45, 7) is 4.23. The smallest absolute Gasteiger partial charge is 0.149 e. The zero-order chi connectivity index (χ0) is 11.5. The maximum absolute atomic E-state index is 5.85. The van der Waals surface area contributed by atoms with Crippen LogP contribution < -0.4 is 5.73 Å². The van der Waals surface area contributed by atoms with Crippen LogP contribution in [-0.4, -0.2) is 10.2 Å². The van der Waals surface area contributed by atoms with Crippen LogP contribution in [0.25, 0.3) is 11.3 Å². The van der Waals surface area contributed by atoms with Crippen LogP contribution in [-0.2, 0) is 6.42 Å². The van der Waals surface area contributed by atoms with Crippen molar-refractivity contribution in [2.75, 3.05) is 5.73 Å². The minimum atomic E-state index is 0.623. The summed E-state index contributed by atoms with van der Waals surface area (Å²) in [6, 6.07) is 8.40. The fourth-order valence-electron chi connectivity index (χ4n) is 1.84. The molecule has 0 amide bonds. The summed E-state index contributed by atoms with van der Waals surface area (Å²) >= 11 is 0. The molecule has 0 fully saturated rings. The van der Waals surface area contributed by atoms with Gasteiger partial charge in [0.05, 0.1) is 5.69 Å². The minimum Gasteiger partial charge on any atom is -0.382 e. The van der Waals surface area contributed by atoms with E-state index in [4.69, 9.17) is 5.73 Å². The third-order valence-electron chi connectivity index (χ3n) is 2.74. The molecule has 3 heteroatoms. The van der Waals surface area contributed by atoms with Gasteiger partial charge in [-0.25, -0.2) is 0 Å². The average molecular weight is 215 g/mol. The lowest BCUT2D eigenvalue weighted by Crippen LogP contribution is -1.92. The number of H-pyrrole nitrogens is 1. The number of nitrogen functional groups attached to an aromatic ring is 1. The van der Waals surface area contributed by atoms with Gasteiger partial charge in [-0.05, 0) is 18.9 Å². The summed E-state index contributed by atoms with van der Waals surface area (Å²) in [5, 5.41) is 7.11. The Morgan fingerprint density at radius 1 is 1.25 bits per heavy atom. The molecule has 0 aliphatic carbocycles. The predicted molar refractivity (Wildman–Crippen MR) is 67.2 cm³/mol. The van der Waals surface area contributed by atoms with Crippen LogP contribution in [0.15, 0.2) is 24.3 Å². The van der Waals surface area contributed by atoms with Gasteiger partial charge >= 0.3 is 0 Å². The first-order chi connectivity index (χ1) is 7.72. The molecule has 0 unspecified atom stereocenters. The van der Waals surface area contributed by atoms with Crippen molar-refractivity contribution in [3.63, 3.8) is 0 Å². The number of aryl methyl sites for hydroxylation is 1. The van der Waals surface area contributed by atoms with Crippen LogP contribution in [0.1, 0.15) is 24.5 Å². The number of rotatable bonds is 3. The average Bonchev–Trinajstić information content (AvgIpc) is 2.63. The molecule has 0 bridgehead atoms. The monoisotopic (exact) mass is 215 g/mol. The van der Waals surface area contributed by atoms with Crippen molar-refractivity contribution in [1.29, 1.82) is 0 Å². The predicted octanol–water partition coefficient (Wildman–Crippen LogP) is 2.92. The molecule has 0 spiro atoms. The Bertz CT molecular complexity index is 468. The van der Waals surface area contributed by atoms with Gasteiger partial charge in [0.25, 0.3) is 0 Å². The Morgan fingerprint density at radius 2 is 1.94 bits per heavy atom. The first kappa shape index (κ1) is 10.7. The summed E-state index contributed by atoms with van der Waals surface area (Å²) in [4.78, 5) is 0. The van der Waals surface area contributed by atoms with Crippen molar-refractivity contribution in [3.8, 4) is 11.3 Å². The van der Waals surface area contributed by atoms with E-state index in [-0.39, 0.29) is 0 Å². The molecule has 0 saturated carbocycles. The normalized spacial score (nSPS) is 10.6. The molecule has 0 aliphatic heterocycles. The van der Waals surface area contributed by atoms with Crippen LogP contribution in [0, 0.1) is 6.92 Å². The second-order valence-electron chi connectivity index (χ2n) is 4.08. The molecule has 84 valence electrons. The fraction of sp³-hybridized carbons (Fsp3) is 0.308. The molecule has 3 N–H and O–H groups in total. The number of nitrogens with one attached hydrogen (secondary N) is 1. The molecule has 2 aromatic rings. The van der Waals surface area contributed by atoms with Crippen molar-refractivity contribution in [1.82, 2.24) is 10.2 Å². The molecule has 1 aromatic heterocycles. The van der Waals surface area contributed by atoms with Gasteiger partial charge in [0, 0.05) is 5.56 Å². The SMILES string of the molecule is CCCc1c(N)n[nH]c1-c1ccc(C)cc1. The highest BCUT2D eigenvalue weighted by Crippen LogP contribution is 2.26. The standard InChI is InChI=1S/C13H17N3/c1-3-4-11-12(15-16-13(11)14)10-7-5-9(2)6-8-10/h5-8H,3-4H2,1-2H3,(H3,14,15,16). The lowest BCUT2D eigenvalue weighted by Gasteiger charge is -2.03. The van der Waals surface area contributed by atoms with Crippen LogP contribution in [0.4, 0.5) is 5.82 Å². The lowest BCUT2D eigenvalue weighted by molar-refractivity contribution is 0.927. The highest BCUT2D eigenvalue weighted by molar-refractivity contribution is 5.68. The molecular weight excluding hydrogens is 198 g/mol.